The number of amides is 2. The number of carbonyl (C=O) groups is 2. The lowest BCUT2D eigenvalue weighted by molar-refractivity contribution is -0.120. The minimum Gasteiger partial charge on any atom is -0.343 e. The Bertz CT molecular complexity index is 745. The van der Waals surface area contributed by atoms with E-state index >= 15 is 0 Å². The Labute approximate surface area is 139 Å². The van der Waals surface area contributed by atoms with Crippen LogP contribution in [-0.4, -0.2) is 24.1 Å². The molecule has 0 aliphatic heterocycles. The van der Waals surface area contributed by atoms with Crippen molar-refractivity contribution in [3.63, 3.8) is 0 Å². The topological polar surface area (TPSA) is 70.6 Å². The molecule has 2 N–H and O–H groups in total. The van der Waals surface area contributed by atoms with Gasteiger partial charge in [0.2, 0.25) is 0 Å². The lowest BCUT2D eigenvalue weighted by Gasteiger charge is -2.06. The van der Waals surface area contributed by atoms with E-state index in [2.05, 4.69) is 15.8 Å². The molecule has 2 amide bonds. The Kier molecular flexibility index (Phi) is 6.19. The summed E-state index contributed by atoms with van der Waals surface area (Å²) in [4.78, 5) is 23.6. The molecule has 0 fully saturated rings. The van der Waals surface area contributed by atoms with Crippen molar-refractivity contribution in [3.8, 4) is 0 Å². The van der Waals surface area contributed by atoms with E-state index in [4.69, 9.17) is 0 Å². The lowest BCUT2D eigenvalue weighted by atomic mass is 10.1. The van der Waals surface area contributed by atoms with Crippen LogP contribution in [0, 0.1) is 5.82 Å². The summed E-state index contributed by atoms with van der Waals surface area (Å²) in [7, 11) is 0. The molecule has 0 aliphatic rings. The van der Waals surface area contributed by atoms with Crippen LogP contribution in [0.15, 0.2) is 59.7 Å². The van der Waals surface area contributed by atoms with E-state index in [9.17, 15) is 14.0 Å². The van der Waals surface area contributed by atoms with Gasteiger partial charge in [-0.25, -0.2) is 9.82 Å². The molecular formula is C18H18FN3O2. The predicted octanol–water partition coefficient (Wildman–Crippen LogP) is 2.49. The zero-order chi connectivity index (χ0) is 17.4. The smallest absolute Gasteiger partial charge is 0.259 e. The first-order valence-electron chi connectivity index (χ1n) is 7.54. The van der Waals surface area contributed by atoms with Gasteiger partial charge in [-0.15, -0.1) is 0 Å². The molecule has 0 aromatic heterocycles. The third kappa shape index (κ3) is 5.01. The molecule has 0 unspecified atom stereocenters. The highest BCUT2D eigenvalue weighted by atomic mass is 19.1. The maximum atomic E-state index is 13.1. The second-order valence-corrected chi connectivity index (χ2v) is 5.01. The molecule has 124 valence electrons. The first-order chi connectivity index (χ1) is 11.6. The number of nitrogens with one attached hydrogen (secondary N) is 2. The SMILES string of the molecule is CCC(=NNC(=O)CNC(=O)c1cccc(F)c1)c1ccccc1. The summed E-state index contributed by atoms with van der Waals surface area (Å²) in [5.41, 5.74) is 4.22. The van der Waals surface area contributed by atoms with Crippen LogP contribution in [0.1, 0.15) is 29.3 Å². The van der Waals surface area contributed by atoms with Gasteiger partial charge in [-0.2, -0.15) is 5.10 Å². The van der Waals surface area contributed by atoms with Crippen LogP contribution in [0.4, 0.5) is 4.39 Å². The van der Waals surface area contributed by atoms with Gasteiger partial charge in [0.1, 0.15) is 5.82 Å². The van der Waals surface area contributed by atoms with Crippen molar-refractivity contribution in [3.05, 3.63) is 71.5 Å². The Morgan fingerprint density at radius 1 is 1.04 bits per heavy atom. The van der Waals surface area contributed by atoms with Gasteiger partial charge >= 0.3 is 0 Å². The highest BCUT2D eigenvalue weighted by Gasteiger charge is 2.09. The predicted molar refractivity (Wildman–Crippen MR) is 90.1 cm³/mol. The van der Waals surface area contributed by atoms with Gasteiger partial charge in [-0.05, 0) is 30.2 Å². The van der Waals surface area contributed by atoms with Crippen LogP contribution in [0.3, 0.4) is 0 Å². The molecule has 0 radical (unpaired) electrons. The molecule has 0 heterocycles. The van der Waals surface area contributed by atoms with Gasteiger partial charge in [0.25, 0.3) is 11.8 Å². The molecule has 0 saturated heterocycles. The minimum absolute atomic E-state index is 0.157. The Morgan fingerprint density at radius 3 is 2.42 bits per heavy atom. The standard InChI is InChI=1S/C18H18FN3O2/c1-2-16(13-7-4-3-5-8-13)21-22-17(23)12-20-18(24)14-9-6-10-15(19)11-14/h3-11H,2,12H2,1H3,(H,20,24)(H,22,23). The van der Waals surface area contributed by atoms with Crippen LogP contribution >= 0.6 is 0 Å². The number of benzene rings is 2. The molecule has 2 aromatic rings. The van der Waals surface area contributed by atoms with Crippen molar-refractivity contribution in [2.24, 2.45) is 5.10 Å². The summed E-state index contributed by atoms with van der Waals surface area (Å²) in [5.74, 6) is -1.49. The second-order valence-electron chi connectivity index (χ2n) is 5.01. The summed E-state index contributed by atoms with van der Waals surface area (Å²) in [6.45, 7) is 1.69. The van der Waals surface area contributed by atoms with Gasteiger partial charge in [-0.1, -0.05) is 43.3 Å². The van der Waals surface area contributed by atoms with Crippen molar-refractivity contribution >= 4 is 17.5 Å². The minimum atomic E-state index is -0.521. The van der Waals surface area contributed by atoms with Crippen molar-refractivity contribution in [1.29, 1.82) is 0 Å². The number of hydrogen-bond donors (Lipinski definition) is 2. The monoisotopic (exact) mass is 327 g/mol. The average Bonchev–Trinajstić information content (AvgIpc) is 2.61. The van der Waals surface area contributed by atoms with Gasteiger partial charge in [-0.3, -0.25) is 9.59 Å². The van der Waals surface area contributed by atoms with Crippen LogP contribution in [-0.2, 0) is 4.79 Å². The maximum absolute atomic E-state index is 13.1. The number of hydrazone groups is 1. The quantitative estimate of drug-likeness (QED) is 0.632. The van der Waals surface area contributed by atoms with E-state index in [1.807, 2.05) is 37.3 Å². The highest BCUT2D eigenvalue weighted by Crippen LogP contribution is 2.04. The number of halogens is 1. The van der Waals surface area contributed by atoms with E-state index < -0.39 is 17.6 Å². The third-order valence-electron chi connectivity index (χ3n) is 3.25. The molecule has 5 nitrogen and oxygen atoms in total. The Balaban J connectivity index is 1.89. The van der Waals surface area contributed by atoms with E-state index in [1.165, 1.54) is 18.2 Å². The number of carbonyl (C=O) groups excluding carboxylic acids is 2. The number of hydrogen-bond acceptors (Lipinski definition) is 3. The van der Waals surface area contributed by atoms with Crippen LogP contribution in [0.5, 0.6) is 0 Å². The maximum Gasteiger partial charge on any atom is 0.259 e. The molecule has 0 bridgehead atoms. The van der Waals surface area contributed by atoms with Crippen molar-refractivity contribution in [2.45, 2.75) is 13.3 Å². The van der Waals surface area contributed by atoms with Gasteiger partial charge in [0, 0.05) is 5.56 Å². The van der Waals surface area contributed by atoms with E-state index in [0.29, 0.717) is 6.42 Å². The molecule has 0 saturated carbocycles. The van der Waals surface area contributed by atoms with Gasteiger partial charge in [0.15, 0.2) is 0 Å². The van der Waals surface area contributed by atoms with Gasteiger partial charge < -0.3 is 5.32 Å². The fourth-order valence-corrected chi connectivity index (χ4v) is 2.04. The second kappa shape index (κ2) is 8.57. The molecule has 0 aliphatic carbocycles. The normalized spacial score (nSPS) is 11.0. The summed E-state index contributed by atoms with van der Waals surface area (Å²) < 4.78 is 13.1. The molecule has 0 spiro atoms. The zero-order valence-corrected chi connectivity index (χ0v) is 13.3. The Hall–Kier alpha value is -3.02. The van der Waals surface area contributed by atoms with Crippen molar-refractivity contribution in [1.82, 2.24) is 10.7 Å². The first-order valence-corrected chi connectivity index (χ1v) is 7.54. The van der Waals surface area contributed by atoms with E-state index in [0.717, 1.165) is 17.3 Å². The third-order valence-corrected chi connectivity index (χ3v) is 3.25. The summed E-state index contributed by atoms with van der Waals surface area (Å²) in [6.07, 6.45) is 0.653. The van der Waals surface area contributed by atoms with Crippen LogP contribution < -0.4 is 10.7 Å². The molecule has 24 heavy (non-hydrogen) atoms. The number of nitrogens with zero attached hydrogens (tertiary/aromatic N) is 1. The largest absolute Gasteiger partial charge is 0.343 e. The van der Waals surface area contributed by atoms with Crippen molar-refractivity contribution in [2.75, 3.05) is 6.54 Å². The van der Waals surface area contributed by atoms with E-state index in [-0.39, 0.29) is 12.1 Å². The first kappa shape index (κ1) is 17.3. The lowest BCUT2D eigenvalue weighted by Crippen LogP contribution is -2.35. The van der Waals surface area contributed by atoms with Gasteiger partial charge in [0.05, 0.1) is 12.3 Å². The zero-order valence-electron chi connectivity index (χ0n) is 13.3. The molecule has 2 aromatic carbocycles. The summed E-state index contributed by atoms with van der Waals surface area (Å²) in [5, 5.41) is 6.50. The van der Waals surface area contributed by atoms with Crippen LogP contribution in [0.25, 0.3) is 0 Å². The molecule has 2 rings (SSSR count). The fourth-order valence-electron chi connectivity index (χ4n) is 2.04. The van der Waals surface area contributed by atoms with Crippen molar-refractivity contribution < 1.29 is 14.0 Å². The number of rotatable bonds is 6. The van der Waals surface area contributed by atoms with Crippen LogP contribution in [0.2, 0.25) is 0 Å². The average molecular weight is 327 g/mol. The molecular weight excluding hydrogens is 309 g/mol. The summed E-state index contributed by atoms with van der Waals surface area (Å²) >= 11 is 0. The van der Waals surface area contributed by atoms with E-state index in [1.54, 1.807) is 0 Å². The highest BCUT2D eigenvalue weighted by molar-refractivity contribution is 6.01. The Morgan fingerprint density at radius 2 is 1.75 bits per heavy atom. The fraction of sp³-hybridized carbons (Fsp3) is 0.167. The summed E-state index contributed by atoms with van der Waals surface area (Å²) in [6, 6.07) is 14.7. The molecule has 6 heteroatoms. The molecule has 0 atom stereocenters.